The Labute approximate surface area is 98.3 Å². The molecule has 0 aromatic carbocycles. The summed E-state index contributed by atoms with van der Waals surface area (Å²) in [7, 11) is 0. The predicted molar refractivity (Wildman–Crippen MR) is 65.3 cm³/mol. The van der Waals surface area contributed by atoms with Gasteiger partial charge in [0, 0.05) is 6.54 Å². The highest BCUT2D eigenvalue weighted by atomic mass is 16.3. The number of hydrogen-bond donors (Lipinski definition) is 1. The van der Waals surface area contributed by atoms with Gasteiger partial charge in [0.05, 0.1) is 11.6 Å². The van der Waals surface area contributed by atoms with Gasteiger partial charge in [0.2, 0.25) is 0 Å². The fourth-order valence-electron chi connectivity index (χ4n) is 3.99. The second kappa shape index (κ2) is 3.85. The molecule has 0 bridgehead atoms. The van der Waals surface area contributed by atoms with E-state index in [9.17, 15) is 5.11 Å². The quantitative estimate of drug-likeness (QED) is 0.635. The first-order valence-electron chi connectivity index (χ1n) is 6.84. The minimum atomic E-state index is -0.405. The molecule has 2 fully saturated rings. The van der Waals surface area contributed by atoms with Gasteiger partial charge in [-0.3, -0.25) is 4.90 Å². The highest BCUT2D eigenvalue weighted by Crippen LogP contribution is 2.45. The Balaban J connectivity index is 1.92. The molecule has 0 aromatic rings. The van der Waals surface area contributed by atoms with Crippen LogP contribution in [0.5, 0.6) is 0 Å². The van der Waals surface area contributed by atoms with Crippen LogP contribution in [0.3, 0.4) is 0 Å². The van der Waals surface area contributed by atoms with Gasteiger partial charge in [0.15, 0.2) is 0 Å². The molecule has 90 valence electrons. The average Bonchev–Trinajstić information content (AvgIpc) is 2.29. The summed E-state index contributed by atoms with van der Waals surface area (Å²) in [6.07, 6.45) is 9.54. The Morgan fingerprint density at radius 1 is 1.31 bits per heavy atom. The van der Waals surface area contributed by atoms with Crippen molar-refractivity contribution in [3.8, 4) is 0 Å². The van der Waals surface area contributed by atoms with Crippen molar-refractivity contribution in [2.75, 3.05) is 13.1 Å². The summed E-state index contributed by atoms with van der Waals surface area (Å²) >= 11 is 0. The van der Waals surface area contributed by atoms with Crippen molar-refractivity contribution < 1.29 is 5.11 Å². The largest absolute Gasteiger partial charge is 0.388 e. The Morgan fingerprint density at radius 3 is 3.06 bits per heavy atom. The van der Waals surface area contributed by atoms with Gasteiger partial charge in [-0.05, 0) is 45.1 Å². The molecule has 3 aliphatic rings. The van der Waals surface area contributed by atoms with Crippen molar-refractivity contribution in [3.05, 3.63) is 11.6 Å². The van der Waals surface area contributed by atoms with Crippen LogP contribution in [-0.2, 0) is 0 Å². The van der Waals surface area contributed by atoms with Crippen LogP contribution in [0.1, 0.15) is 45.4 Å². The third-order valence-corrected chi connectivity index (χ3v) is 4.99. The van der Waals surface area contributed by atoms with Gasteiger partial charge in [-0.25, -0.2) is 0 Å². The summed E-state index contributed by atoms with van der Waals surface area (Å²) in [4.78, 5) is 2.51. The monoisotopic (exact) mass is 221 g/mol. The zero-order valence-electron chi connectivity index (χ0n) is 10.3. The molecular weight excluding hydrogens is 198 g/mol. The minimum Gasteiger partial charge on any atom is -0.388 e. The molecule has 0 unspecified atom stereocenters. The molecule has 3 rings (SSSR count). The predicted octanol–water partition coefficient (Wildman–Crippen LogP) is 2.33. The smallest absolute Gasteiger partial charge is 0.0866 e. The molecule has 2 heterocycles. The molecule has 1 saturated heterocycles. The van der Waals surface area contributed by atoms with E-state index < -0.39 is 5.60 Å². The summed E-state index contributed by atoms with van der Waals surface area (Å²) in [6, 6.07) is 0.320. The van der Waals surface area contributed by atoms with Crippen molar-refractivity contribution >= 4 is 0 Å². The summed E-state index contributed by atoms with van der Waals surface area (Å²) < 4.78 is 0. The topological polar surface area (TPSA) is 23.5 Å². The highest BCUT2D eigenvalue weighted by molar-refractivity contribution is 5.18. The molecule has 3 atom stereocenters. The van der Waals surface area contributed by atoms with Crippen LogP contribution in [0.2, 0.25) is 0 Å². The number of nitrogens with zero attached hydrogens (tertiary/aromatic N) is 1. The maximum Gasteiger partial charge on any atom is 0.0866 e. The maximum absolute atomic E-state index is 11.0. The van der Waals surface area contributed by atoms with Crippen LogP contribution >= 0.6 is 0 Å². The molecule has 1 aliphatic carbocycles. The summed E-state index contributed by atoms with van der Waals surface area (Å²) in [5.41, 5.74) is 1.07. The van der Waals surface area contributed by atoms with E-state index in [1.165, 1.54) is 44.2 Å². The molecule has 2 heteroatoms. The number of piperidine rings is 1. The first kappa shape index (κ1) is 10.8. The lowest BCUT2D eigenvalue weighted by atomic mass is 9.66. The lowest BCUT2D eigenvalue weighted by Gasteiger charge is -2.54. The number of rotatable bonds is 0. The molecule has 16 heavy (non-hydrogen) atoms. The molecular formula is C14H23NO. The van der Waals surface area contributed by atoms with Gasteiger partial charge in [0.1, 0.15) is 0 Å². The van der Waals surface area contributed by atoms with Crippen molar-refractivity contribution in [1.82, 2.24) is 4.90 Å². The van der Waals surface area contributed by atoms with Crippen molar-refractivity contribution in [2.24, 2.45) is 5.92 Å². The van der Waals surface area contributed by atoms with Crippen LogP contribution in [0.4, 0.5) is 0 Å². The van der Waals surface area contributed by atoms with E-state index in [4.69, 9.17) is 0 Å². The number of hydrogen-bond acceptors (Lipinski definition) is 2. The van der Waals surface area contributed by atoms with E-state index in [2.05, 4.69) is 17.9 Å². The number of fused-ring (bicyclic) bond motifs is 3. The fourth-order valence-corrected chi connectivity index (χ4v) is 3.99. The number of aliphatic hydroxyl groups is 1. The maximum atomic E-state index is 11.0. The Kier molecular flexibility index (Phi) is 2.60. The summed E-state index contributed by atoms with van der Waals surface area (Å²) in [5, 5.41) is 11.0. The van der Waals surface area contributed by atoms with Crippen LogP contribution in [0.25, 0.3) is 0 Å². The highest BCUT2D eigenvalue weighted by Gasteiger charge is 2.49. The van der Waals surface area contributed by atoms with E-state index >= 15 is 0 Å². The first-order chi connectivity index (χ1) is 7.70. The van der Waals surface area contributed by atoms with E-state index in [1.54, 1.807) is 0 Å². The van der Waals surface area contributed by atoms with Gasteiger partial charge >= 0.3 is 0 Å². The van der Waals surface area contributed by atoms with Gasteiger partial charge in [-0.15, -0.1) is 0 Å². The molecule has 0 spiro atoms. The van der Waals surface area contributed by atoms with E-state index in [1.807, 2.05) is 0 Å². The Hall–Kier alpha value is -0.340. The first-order valence-corrected chi connectivity index (χ1v) is 6.84. The molecule has 1 saturated carbocycles. The lowest BCUT2D eigenvalue weighted by Crippen LogP contribution is -2.62. The average molecular weight is 221 g/mol. The zero-order valence-corrected chi connectivity index (χ0v) is 10.3. The van der Waals surface area contributed by atoms with E-state index in [0.717, 1.165) is 13.0 Å². The zero-order chi connectivity index (χ0) is 11.2. The van der Waals surface area contributed by atoms with Crippen molar-refractivity contribution in [2.45, 2.75) is 57.1 Å². The Bertz CT molecular complexity index is 312. The van der Waals surface area contributed by atoms with Gasteiger partial charge < -0.3 is 5.11 Å². The lowest BCUT2D eigenvalue weighted by molar-refractivity contribution is -0.128. The molecule has 0 aromatic heterocycles. The van der Waals surface area contributed by atoms with E-state index in [0.29, 0.717) is 12.0 Å². The van der Waals surface area contributed by atoms with Crippen molar-refractivity contribution in [1.29, 1.82) is 0 Å². The normalized spacial score (nSPS) is 44.5. The standard InChI is InChI=1S/C14H23NO/c1-11-5-8-15-9-6-12-4-2-3-7-14(12,16)13(15)10-11/h10,12-13,16H,2-9H2,1H3/t12-,13+,14+/m1/s1. The molecule has 1 N–H and O–H groups in total. The van der Waals surface area contributed by atoms with Crippen LogP contribution in [0, 0.1) is 5.92 Å². The van der Waals surface area contributed by atoms with Gasteiger partial charge in [0.25, 0.3) is 0 Å². The molecule has 2 aliphatic heterocycles. The second-order valence-corrected chi connectivity index (χ2v) is 5.97. The van der Waals surface area contributed by atoms with Gasteiger partial charge in [-0.2, -0.15) is 0 Å². The molecule has 0 amide bonds. The van der Waals surface area contributed by atoms with E-state index in [-0.39, 0.29) is 0 Å². The summed E-state index contributed by atoms with van der Waals surface area (Å²) in [6.45, 7) is 4.57. The Morgan fingerprint density at radius 2 is 2.19 bits per heavy atom. The molecule has 0 radical (unpaired) electrons. The van der Waals surface area contributed by atoms with Crippen molar-refractivity contribution in [3.63, 3.8) is 0 Å². The second-order valence-electron chi connectivity index (χ2n) is 5.97. The third kappa shape index (κ3) is 1.54. The van der Waals surface area contributed by atoms with Crippen LogP contribution < -0.4 is 0 Å². The van der Waals surface area contributed by atoms with Gasteiger partial charge in [-0.1, -0.05) is 24.5 Å². The fraction of sp³-hybridized carbons (Fsp3) is 0.857. The summed E-state index contributed by atoms with van der Waals surface area (Å²) in [5.74, 6) is 0.560. The third-order valence-electron chi connectivity index (χ3n) is 4.99. The van der Waals surface area contributed by atoms with Crippen LogP contribution in [-0.4, -0.2) is 34.7 Å². The molecule has 2 nitrogen and oxygen atoms in total. The van der Waals surface area contributed by atoms with Crippen LogP contribution in [0.15, 0.2) is 11.6 Å². The SMILES string of the molecule is CC1=C[C@@H]2N(CC1)CC[C@H]1CCCC[C@]12O. The minimum absolute atomic E-state index is 0.320.